The number of hydrogen-bond donors (Lipinski definition) is 0. The molecule has 1 amide bonds. The molecule has 2 aromatic rings. The Morgan fingerprint density at radius 3 is 2.47 bits per heavy atom. The summed E-state index contributed by atoms with van der Waals surface area (Å²) in [5.41, 5.74) is 1.81. The van der Waals surface area contributed by atoms with Gasteiger partial charge in [-0.15, -0.1) is 0 Å². The van der Waals surface area contributed by atoms with E-state index in [1.807, 2.05) is 13.8 Å². The molecule has 0 unspecified atom stereocenters. The largest absolute Gasteiger partial charge is 0.294 e. The van der Waals surface area contributed by atoms with Gasteiger partial charge in [-0.05, 0) is 41.7 Å². The molecule has 0 fully saturated rings. The number of allylic oxidation sites excluding steroid dienone is 2. The van der Waals surface area contributed by atoms with E-state index >= 15 is 0 Å². The zero-order valence-electron chi connectivity index (χ0n) is 16.7. The van der Waals surface area contributed by atoms with E-state index in [1.165, 1.54) is 41.3 Å². The van der Waals surface area contributed by atoms with Crippen LogP contribution in [-0.4, -0.2) is 16.6 Å². The van der Waals surface area contributed by atoms with E-state index in [0.717, 1.165) is 0 Å². The van der Waals surface area contributed by atoms with Crippen LogP contribution in [0.3, 0.4) is 0 Å². The van der Waals surface area contributed by atoms with Gasteiger partial charge >= 0.3 is 0 Å². The van der Waals surface area contributed by atoms with Crippen LogP contribution in [0.4, 0.5) is 15.8 Å². The number of rotatable bonds is 3. The number of hydrogen-bond acceptors (Lipinski definition) is 4. The zero-order chi connectivity index (χ0) is 21.6. The zero-order valence-corrected chi connectivity index (χ0v) is 16.7. The molecule has 0 spiro atoms. The maximum Gasteiger partial charge on any atom is 0.269 e. The Labute approximate surface area is 173 Å². The molecule has 2 aromatic carbocycles. The summed E-state index contributed by atoms with van der Waals surface area (Å²) in [6.45, 7) is 3.94. The van der Waals surface area contributed by atoms with Crippen LogP contribution >= 0.6 is 0 Å². The number of nitro benzene ring substituents is 1. The molecule has 0 saturated carbocycles. The molecule has 154 valence electrons. The van der Waals surface area contributed by atoms with Crippen molar-refractivity contribution in [1.82, 2.24) is 0 Å². The molecule has 1 atom stereocenters. The molecule has 1 heterocycles. The molecule has 1 aliphatic heterocycles. The summed E-state index contributed by atoms with van der Waals surface area (Å²) in [6, 6.07) is 11.7. The number of halogens is 1. The summed E-state index contributed by atoms with van der Waals surface area (Å²) in [4.78, 5) is 38.6. The van der Waals surface area contributed by atoms with Gasteiger partial charge in [-0.2, -0.15) is 0 Å². The van der Waals surface area contributed by atoms with Gasteiger partial charge in [0.15, 0.2) is 5.78 Å². The van der Waals surface area contributed by atoms with Crippen molar-refractivity contribution in [3.05, 3.63) is 81.3 Å². The maximum atomic E-state index is 13.4. The second kappa shape index (κ2) is 7.16. The highest BCUT2D eigenvalue weighted by molar-refractivity contribution is 6.07. The molecular formula is C23H21FN2O4. The average Bonchev–Trinajstić information content (AvgIpc) is 2.67. The molecule has 30 heavy (non-hydrogen) atoms. The molecule has 0 bridgehead atoms. The molecule has 2 aliphatic rings. The minimum absolute atomic E-state index is 0.0174. The van der Waals surface area contributed by atoms with Crippen molar-refractivity contribution in [2.45, 2.75) is 39.0 Å². The number of carbonyl (C=O) groups excluding carboxylic acids is 2. The van der Waals surface area contributed by atoms with Crippen LogP contribution in [-0.2, 0) is 9.59 Å². The van der Waals surface area contributed by atoms with E-state index in [9.17, 15) is 24.1 Å². The summed E-state index contributed by atoms with van der Waals surface area (Å²) >= 11 is 0. The fourth-order valence-electron chi connectivity index (χ4n) is 4.44. The maximum absolute atomic E-state index is 13.4. The topological polar surface area (TPSA) is 80.5 Å². The first-order chi connectivity index (χ1) is 14.2. The van der Waals surface area contributed by atoms with Crippen molar-refractivity contribution in [3.8, 4) is 0 Å². The van der Waals surface area contributed by atoms with Gasteiger partial charge in [0.1, 0.15) is 5.82 Å². The fourth-order valence-corrected chi connectivity index (χ4v) is 4.44. The first-order valence-electron chi connectivity index (χ1n) is 9.75. The molecule has 6 nitrogen and oxygen atoms in total. The van der Waals surface area contributed by atoms with Gasteiger partial charge in [0.25, 0.3) is 5.69 Å². The number of benzene rings is 2. The van der Waals surface area contributed by atoms with Crippen molar-refractivity contribution in [3.63, 3.8) is 0 Å². The summed E-state index contributed by atoms with van der Waals surface area (Å²) in [5.74, 6) is -1.22. The van der Waals surface area contributed by atoms with Crippen molar-refractivity contribution in [2.24, 2.45) is 5.41 Å². The lowest BCUT2D eigenvalue weighted by Gasteiger charge is -2.42. The van der Waals surface area contributed by atoms with E-state index in [0.29, 0.717) is 35.4 Å². The van der Waals surface area contributed by atoms with Gasteiger partial charge in [0, 0.05) is 47.8 Å². The number of Topliss-reactive ketones (excluding diaryl/α,β-unsaturated/α-hetero) is 1. The van der Waals surface area contributed by atoms with Crippen molar-refractivity contribution in [1.29, 1.82) is 0 Å². The van der Waals surface area contributed by atoms with Crippen LogP contribution in [0, 0.1) is 21.3 Å². The van der Waals surface area contributed by atoms with E-state index in [4.69, 9.17) is 0 Å². The predicted molar refractivity (Wildman–Crippen MR) is 109 cm³/mol. The van der Waals surface area contributed by atoms with Crippen LogP contribution in [0.1, 0.15) is 44.6 Å². The van der Waals surface area contributed by atoms with Gasteiger partial charge in [0.2, 0.25) is 5.91 Å². The van der Waals surface area contributed by atoms with Crippen LogP contribution in [0.15, 0.2) is 59.8 Å². The van der Waals surface area contributed by atoms with Gasteiger partial charge in [-0.1, -0.05) is 26.0 Å². The quantitative estimate of drug-likeness (QED) is 0.535. The Hall–Kier alpha value is -3.35. The molecular weight excluding hydrogens is 387 g/mol. The highest BCUT2D eigenvalue weighted by Crippen LogP contribution is 2.48. The highest BCUT2D eigenvalue weighted by atomic mass is 19.1. The van der Waals surface area contributed by atoms with E-state index in [-0.39, 0.29) is 29.2 Å². The Bertz CT molecular complexity index is 1090. The Kier molecular flexibility index (Phi) is 4.76. The first-order valence-corrected chi connectivity index (χ1v) is 9.75. The third-order valence-corrected chi connectivity index (χ3v) is 5.71. The SMILES string of the molecule is CC1(C)CC(=O)C2=C(C1)N(c1ccc(F)cc1)C(=O)C[C@@H]2c1cccc([N+](=O)[O-])c1. The number of carbonyl (C=O) groups is 2. The monoisotopic (exact) mass is 408 g/mol. The number of amides is 1. The standard InChI is InChI=1S/C23H21FN2O4/c1-23(2)12-19-22(20(27)13-23)18(14-4-3-5-17(10-14)26(29)30)11-21(28)25(19)16-8-6-15(24)7-9-16/h3-10,18H,11-13H2,1-2H3/t18-/m1/s1. The van der Waals surface area contributed by atoms with Gasteiger partial charge in [-0.3, -0.25) is 24.6 Å². The first kappa shape index (κ1) is 19.9. The minimum Gasteiger partial charge on any atom is -0.294 e. The van der Waals surface area contributed by atoms with E-state index in [1.54, 1.807) is 12.1 Å². The minimum atomic E-state index is -0.535. The number of ketones is 1. The second-order valence-corrected chi connectivity index (χ2v) is 8.62. The summed E-state index contributed by atoms with van der Waals surface area (Å²) in [7, 11) is 0. The Balaban J connectivity index is 1.89. The van der Waals surface area contributed by atoms with Crippen molar-refractivity contribution < 1.29 is 18.9 Å². The van der Waals surface area contributed by atoms with Crippen molar-refractivity contribution >= 4 is 23.1 Å². The van der Waals surface area contributed by atoms with Gasteiger partial charge in [0.05, 0.1) is 4.92 Å². The molecule has 7 heteroatoms. The predicted octanol–water partition coefficient (Wildman–Crippen LogP) is 4.90. The third kappa shape index (κ3) is 3.51. The van der Waals surface area contributed by atoms with Crippen LogP contribution in [0.5, 0.6) is 0 Å². The number of nitro groups is 1. The molecule has 1 aliphatic carbocycles. The van der Waals surface area contributed by atoms with Gasteiger partial charge < -0.3 is 0 Å². The fraction of sp³-hybridized carbons (Fsp3) is 0.304. The number of non-ortho nitro benzene ring substituents is 1. The highest BCUT2D eigenvalue weighted by Gasteiger charge is 2.44. The lowest BCUT2D eigenvalue weighted by atomic mass is 9.69. The Morgan fingerprint density at radius 1 is 1.10 bits per heavy atom. The number of anilines is 1. The Morgan fingerprint density at radius 2 is 1.80 bits per heavy atom. The normalized spacial score (nSPS) is 20.9. The molecule has 0 aromatic heterocycles. The third-order valence-electron chi connectivity index (χ3n) is 5.71. The van der Waals surface area contributed by atoms with Crippen LogP contribution in [0.2, 0.25) is 0 Å². The summed E-state index contributed by atoms with van der Waals surface area (Å²) in [6.07, 6.45) is 0.856. The lowest BCUT2D eigenvalue weighted by molar-refractivity contribution is -0.384. The molecule has 0 N–H and O–H groups in total. The smallest absolute Gasteiger partial charge is 0.269 e. The molecule has 4 rings (SSSR count). The van der Waals surface area contributed by atoms with Gasteiger partial charge in [-0.25, -0.2) is 4.39 Å². The molecule has 0 saturated heterocycles. The number of nitrogens with zero attached hydrogens (tertiary/aromatic N) is 2. The second-order valence-electron chi connectivity index (χ2n) is 8.62. The lowest BCUT2D eigenvalue weighted by Crippen LogP contribution is -2.43. The van der Waals surface area contributed by atoms with Crippen molar-refractivity contribution in [2.75, 3.05) is 4.90 Å². The van der Waals surface area contributed by atoms with E-state index < -0.39 is 16.7 Å². The van der Waals surface area contributed by atoms with Crippen LogP contribution < -0.4 is 4.90 Å². The van der Waals surface area contributed by atoms with E-state index in [2.05, 4.69) is 0 Å². The summed E-state index contributed by atoms with van der Waals surface area (Å²) in [5, 5.41) is 11.2. The average molecular weight is 408 g/mol. The van der Waals surface area contributed by atoms with Crippen LogP contribution in [0.25, 0.3) is 0 Å². The molecule has 0 radical (unpaired) electrons. The summed E-state index contributed by atoms with van der Waals surface area (Å²) < 4.78 is 13.4.